The van der Waals surface area contributed by atoms with Crippen LogP contribution in [0.5, 0.6) is 0 Å². The number of rotatable bonds is 4. The molecule has 2 aromatic heterocycles. The molecule has 0 amide bonds. The summed E-state index contributed by atoms with van der Waals surface area (Å²) in [6, 6.07) is 14.8. The van der Waals surface area contributed by atoms with Crippen LogP contribution in [0.4, 0.5) is 5.82 Å². The number of hydrogen-bond donors (Lipinski definition) is 1. The van der Waals surface area contributed by atoms with Gasteiger partial charge >= 0.3 is 0 Å². The van der Waals surface area contributed by atoms with Crippen LogP contribution < -0.4 is 4.72 Å². The van der Waals surface area contributed by atoms with Gasteiger partial charge in [-0.2, -0.15) is 15.0 Å². The van der Waals surface area contributed by atoms with Gasteiger partial charge in [-0.1, -0.05) is 35.9 Å². The van der Waals surface area contributed by atoms with Crippen LogP contribution in [0.3, 0.4) is 0 Å². The Morgan fingerprint density at radius 3 is 2.48 bits per heavy atom. The van der Waals surface area contributed by atoms with Gasteiger partial charge in [-0.3, -0.25) is 4.72 Å². The molecule has 2 aromatic carbocycles. The van der Waals surface area contributed by atoms with Gasteiger partial charge in [-0.25, -0.2) is 13.4 Å². The van der Waals surface area contributed by atoms with Gasteiger partial charge in [0.05, 0.1) is 16.6 Å². The number of aromatic nitrogens is 3. The van der Waals surface area contributed by atoms with Crippen molar-refractivity contribution in [2.75, 3.05) is 4.72 Å². The van der Waals surface area contributed by atoms with Crippen molar-refractivity contribution in [1.82, 2.24) is 14.8 Å². The van der Waals surface area contributed by atoms with Gasteiger partial charge < -0.3 is 0 Å². The molecule has 0 atom stereocenters. The molecule has 156 valence electrons. The predicted molar refractivity (Wildman–Crippen MR) is 120 cm³/mol. The number of para-hydroxylation sites is 1. The Labute approximate surface area is 181 Å². The number of nitrogens with one attached hydrogen (secondary N) is 1. The molecule has 0 unspecified atom stereocenters. The van der Waals surface area contributed by atoms with Gasteiger partial charge in [0.1, 0.15) is 11.6 Å². The summed E-state index contributed by atoms with van der Waals surface area (Å²) in [4.78, 5) is 4.85. The van der Waals surface area contributed by atoms with Gasteiger partial charge in [0.15, 0.2) is 11.6 Å². The SMILES string of the molecule is Cc1ccc(S(=O)(=O)Nc2c(C#N)cnn2-c2cc(C)c3cccc(C)c3n2)c(C)c1. The first-order chi connectivity index (χ1) is 14.7. The average Bonchev–Trinajstić information content (AvgIpc) is 3.10. The number of hydrogen-bond acceptors (Lipinski definition) is 5. The molecule has 0 aliphatic carbocycles. The minimum absolute atomic E-state index is 0.0577. The molecular formula is C23H21N5O2S. The third-order valence-corrected chi connectivity index (χ3v) is 6.69. The highest BCUT2D eigenvalue weighted by atomic mass is 32.2. The molecule has 0 bridgehead atoms. The van der Waals surface area contributed by atoms with E-state index in [9.17, 15) is 13.7 Å². The maximum Gasteiger partial charge on any atom is 0.263 e. The first kappa shape index (κ1) is 20.6. The lowest BCUT2D eigenvalue weighted by molar-refractivity contribution is 0.600. The van der Waals surface area contributed by atoms with E-state index in [1.165, 1.54) is 10.9 Å². The molecule has 1 N–H and O–H groups in total. The van der Waals surface area contributed by atoms with E-state index in [2.05, 4.69) is 9.82 Å². The molecule has 0 spiro atoms. The summed E-state index contributed by atoms with van der Waals surface area (Å²) >= 11 is 0. The van der Waals surface area contributed by atoms with Crippen molar-refractivity contribution >= 4 is 26.7 Å². The lowest BCUT2D eigenvalue weighted by Gasteiger charge is -2.14. The highest BCUT2D eigenvalue weighted by molar-refractivity contribution is 7.92. The van der Waals surface area contributed by atoms with Crippen LogP contribution in [-0.4, -0.2) is 23.2 Å². The molecule has 7 nitrogen and oxygen atoms in total. The molecule has 0 radical (unpaired) electrons. The van der Waals surface area contributed by atoms with Crippen molar-refractivity contribution in [2.45, 2.75) is 32.6 Å². The second-order valence-electron chi connectivity index (χ2n) is 7.57. The van der Waals surface area contributed by atoms with Crippen LogP contribution in [0.2, 0.25) is 0 Å². The smallest absolute Gasteiger partial charge is 0.262 e. The topological polar surface area (TPSA) is 101 Å². The molecule has 0 fully saturated rings. The number of fused-ring (bicyclic) bond motifs is 1. The van der Waals surface area contributed by atoms with E-state index in [4.69, 9.17) is 4.98 Å². The molecule has 0 saturated carbocycles. The number of pyridine rings is 1. The van der Waals surface area contributed by atoms with Crippen molar-refractivity contribution in [2.24, 2.45) is 0 Å². The van der Waals surface area contributed by atoms with Crippen molar-refractivity contribution in [3.8, 4) is 11.9 Å². The fourth-order valence-electron chi connectivity index (χ4n) is 3.64. The van der Waals surface area contributed by atoms with Crippen LogP contribution in [0.25, 0.3) is 16.7 Å². The first-order valence-corrected chi connectivity index (χ1v) is 11.1. The summed E-state index contributed by atoms with van der Waals surface area (Å²) in [6.07, 6.45) is 1.33. The summed E-state index contributed by atoms with van der Waals surface area (Å²) in [6.45, 7) is 7.56. The molecule has 4 aromatic rings. The Hall–Kier alpha value is -3.70. The molecular weight excluding hydrogens is 410 g/mol. The van der Waals surface area contributed by atoms with Gasteiger partial charge in [-0.05, 0) is 56.5 Å². The Morgan fingerprint density at radius 1 is 1.00 bits per heavy atom. The minimum Gasteiger partial charge on any atom is -0.262 e. The van der Waals surface area contributed by atoms with Gasteiger partial charge in [0.25, 0.3) is 10.0 Å². The summed E-state index contributed by atoms with van der Waals surface area (Å²) in [7, 11) is -3.94. The highest BCUT2D eigenvalue weighted by Crippen LogP contribution is 2.27. The molecule has 4 rings (SSSR count). The number of benzene rings is 2. The van der Waals surface area contributed by atoms with E-state index in [-0.39, 0.29) is 16.3 Å². The quantitative estimate of drug-likeness (QED) is 0.518. The maximum absolute atomic E-state index is 13.1. The molecule has 8 heteroatoms. The number of sulfonamides is 1. The normalized spacial score (nSPS) is 11.5. The molecule has 2 heterocycles. The fraction of sp³-hybridized carbons (Fsp3) is 0.174. The maximum atomic E-state index is 13.1. The van der Waals surface area contributed by atoms with Crippen molar-refractivity contribution in [3.05, 3.63) is 76.5 Å². The molecule has 0 saturated heterocycles. The first-order valence-electron chi connectivity index (χ1n) is 9.67. The average molecular weight is 432 g/mol. The zero-order chi connectivity index (χ0) is 22.3. The highest BCUT2D eigenvalue weighted by Gasteiger charge is 2.23. The second kappa shape index (κ2) is 7.52. The van der Waals surface area contributed by atoms with E-state index in [1.54, 1.807) is 25.1 Å². The van der Waals surface area contributed by atoms with Crippen LogP contribution in [0.1, 0.15) is 27.8 Å². The van der Waals surface area contributed by atoms with E-state index in [0.29, 0.717) is 11.4 Å². The number of aryl methyl sites for hydroxylation is 4. The van der Waals surface area contributed by atoms with E-state index in [1.807, 2.05) is 51.1 Å². The van der Waals surface area contributed by atoms with Crippen molar-refractivity contribution < 1.29 is 8.42 Å². The second-order valence-corrected chi connectivity index (χ2v) is 9.22. The largest absolute Gasteiger partial charge is 0.263 e. The molecule has 0 aliphatic rings. The zero-order valence-corrected chi connectivity index (χ0v) is 18.4. The Bertz CT molecular complexity index is 1480. The molecule has 0 aliphatic heterocycles. The van der Waals surface area contributed by atoms with E-state index < -0.39 is 10.0 Å². The van der Waals surface area contributed by atoms with Crippen LogP contribution in [0, 0.1) is 39.0 Å². The summed E-state index contributed by atoms with van der Waals surface area (Å²) in [5.74, 6) is 0.487. The third kappa shape index (κ3) is 3.64. The third-order valence-electron chi connectivity index (χ3n) is 5.19. The summed E-state index contributed by atoms with van der Waals surface area (Å²) < 4.78 is 30.2. The van der Waals surface area contributed by atoms with Crippen LogP contribution in [-0.2, 0) is 10.0 Å². The summed E-state index contributed by atoms with van der Waals surface area (Å²) in [5.41, 5.74) is 4.46. The Morgan fingerprint density at radius 2 is 1.77 bits per heavy atom. The zero-order valence-electron chi connectivity index (χ0n) is 17.6. The van der Waals surface area contributed by atoms with E-state index >= 15 is 0 Å². The summed E-state index contributed by atoms with van der Waals surface area (Å²) in [5, 5.41) is 14.8. The van der Waals surface area contributed by atoms with Crippen LogP contribution >= 0.6 is 0 Å². The number of nitriles is 1. The lowest BCUT2D eigenvalue weighted by atomic mass is 10.1. The Kier molecular flexibility index (Phi) is 4.99. The van der Waals surface area contributed by atoms with Gasteiger partial charge in [-0.15, -0.1) is 0 Å². The van der Waals surface area contributed by atoms with Gasteiger partial charge in [0.2, 0.25) is 0 Å². The fourth-order valence-corrected chi connectivity index (χ4v) is 4.93. The van der Waals surface area contributed by atoms with Crippen molar-refractivity contribution in [1.29, 1.82) is 5.26 Å². The number of nitrogens with zero attached hydrogens (tertiary/aromatic N) is 4. The van der Waals surface area contributed by atoms with E-state index in [0.717, 1.165) is 27.6 Å². The van der Waals surface area contributed by atoms with Crippen molar-refractivity contribution in [3.63, 3.8) is 0 Å². The minimum atomic E-state index is -3.94. The Balaban J connectivity index is 1.87. The van der Waals surface area contributed by atoms with Crippen LogP contribution in [0.15, 0.2) is 53.6 Å². The lowest BCUT2D eigenvalue weighted by Crippen LogP contribution is -2.18. The molecule has 31 heavy (non-hydrogen) atoms. The predicted octanol–water partition coefficient (Wildman–Crippen LogP) is 4.33. The monoisotopic (exact) mass is 431 g/mol. The van der Waals surface area contributed by atoms with Gasteiger partial charge in [0, 0.05) is 5.39 Å². The number of anilines is 1. The standard InChI is InChI=1S/C23H21N5O2S/c1-14-8-9-20(17(4)10-14)31(29,30)27-23-18(12-24)13-25-28(23)21-11-16(3)19-7-5-6-15(2)22(19)26-21/h5-11,13,27H,1-4H3.